The second kappa shape index (κ2) is 8.90. The number of hydrogen-bond acceptors (Lipinski definition) is 5. The summed E-state index contributed by atoms with van der Waals surface area (Å²) < 4.78 is 28.3. The molecule has 0 saturated carbocycles. The zero-order valence-electron chi connectivity index (χ0n) is 17.7. The molecule has 166 valence electrons. The highest BCUT2D eigenvalue weighted by molar-refractivity contribution is 7.89. The summed E-state index contributed by atoms with van der Waals surface area (Å²) in [5, 5.41) is 12.1. The molecule has 3 N–H and O–H groups in total. The molecular formula is C25H22N4O3S. The number of fused-ring (bicyclic) bond motifs is 1. The molecule has 0 saturated heterocycles. The Balaban J connectivity index is 1.62. The largest absolute Gasteiger partial charge is 0.397 e. The van der Waals surface area contributed by atoms with Gasteiger partial charge in [-0.3, -0.25) is 4.79 Å². The van der Waals surface area contributed by atoms with E-state index in [1.54, 1.807) is 24.3 Å². The number of sulfonamides is 1. The summed E-state index contributed by atoms with van der Waals surface area (Å²) in [4.78, 5) is 12.6. The van der Waals surface area contributed by atoms with Gasteiger partial charge in [-0.1, -0.05) is 43.0 Å². The van der Waals surface area contributed by atoms with Crippen LogP contribution in [0, 0.1) is 11.3 Å². The van der Waals surface area contributed by atoms with Crippen LogP contribution in [0.3, 0.4) is 0 Å². The number of hydrogen-bond donors (Lipinski definition) is 2. The van der Waals surface area contributed by atoms with Crippen molar-refractivity contribution < 1.29 is 13.2 Å². The predicted octanol–water partition coefficient (Wildman–Crippen LogP) is 4.19. The molecule has 0 aromatic heterocycles. The third-order valence-electron chi connectivity index (χ3n) is 5.61. The molecule has 1 unspecified atom stereocenters. The van der Waals surface area contributed by atoms with Crippen LogP contribution >= 0.6 is 0 Å². The minimum absolute atomic E-state index is 0.0164. The van der Waals surface area contributed by atoms with Crippen LogP contribution in [0.25, 0.3) is 5.57 Å². The maximum Gasteiger partial charge on any atom is 0.255 e. The number of para-hydroxylation sites is 2. The van der Waals surface area contributed by atoms with Crippen LogP contribution in [0.2, 0.25) is 0 Å². The van der Waals surface area contributed by atoms with E-state index in [9.17, 15) is 18.5 Å². The van der Waals surface area contributed by atoms with E-state index in [0.29, 0.717) is 22.5 Å². The van der Waals surface area contributed by atoms with Crippen molar-refractivity contribution in [2.45, 2.75) is 17.4 Å². The van der Waals surface area contributed by atoms with Gasteiger partial charge in [0.05, 0.1) is 34.8 Å². The summed E-state index contributed by atoms with van der Waals surface area (Å²) in [7, 11) is -3.95. The number of nitriles is 1. The average Bonchev–Trinajstić information content (AvgIpc) is 2.82. The third-order valence-corrected chi connectivity index (χ3v) is 7.48. The molecule has 1 aliphatic heterocycles. The van der Waals surface area contributed by atoms with Crippen LogP contribution in [0.4, 0.5) is 11.4 Å². The Labute approximate surface area is 192 Å². The molecule has 0 bridgehead atoms. The fourth-order valence-electron chi connectivity index (χ4n) is 3.92. The van der Waals surface area contributed by atoms with Gasteiger partial charge in [-0.05, 0) is 53.1 Å². The summed E-state index contributed by atoms with van der Waals surface area (Å²) in [5.74, 6) is -0.403. The Morgan fingerprint density at radius 1 is 1.09 bits per heavy atom. The number of nitrogens with two attached hydrogens (primary N) is 1. The van der Waals surface area contributed by atoms with Crippen molar-refractivity contribution >= 4 is 32.9 Å². The topological polar surface area (TPSA) is 116 Å². The van der Waals surface area contributed by atoms with E-state index < -0.39 is 22.0 Å². The highest BCUT2D eigenvalue weighted by atomic mass is 32.2. The zero-order valence-corrected chi connectivity index (χ0v) is 18.5. The van der Waals surface area contributed by atoms with Gasteiger partial charge < -0.3 is 11.1 Å². The molecule has 1 amide bonds. The van der Waals surface area contributed by atoms with Crippen LogP contribution in [0.15, 0.2) is 84.3 Å². The first-order valence-electron chi connectivity index (χ1n) is 10.2. The fourth-order valence-corrected chi connectivity index (χ4v) is 5.52. The van der Waals surface area contributed by atoms with Crippen molar-refractivity contribution in [2.75, 3.05) is 17.6 Å². The van der Waals surface area contributed by atoms with E-state index in [1.807, 2.05) is 24.3 Å². The van der Waals surface area contributed by atoms with Crippen molar-refractivity contribution in [1.82, 2.24) is 4.31 Å². The number of nitrogens with one attached hydrogen (secondary N) is 1. The molecule has 4 rings (SSSR count). The second-order valence-electron chi connectivity index (χ2n) is 7.68. The predicted molar refractivity (Wildman–Crippen MR) is 128 cm³/mol. The van der Waals surface area contributed by atoms with Gasteiger partial charge >= 0.3 is 0 Å². The molecule has 0 radical (unpaired) electrons. The minimum atomic E-state index is -3.95. The summed E-state index contributed by atoms with van der Waals surface area (Å²) in [5.41, 5.74) is 9.36. The summed E-state index contributed by atoms with van der Waals surface area (Å²) in [6.45, 7) is 4.12. The molecule has 3 aromatic carbocycles. The monoisotopic (exact) mass is 458 g/mol. The number of carbonyl (C=O) groups is 1. The van der Waals surface area contributed by atoms with E-state index in [4.69, 9.17) is 5.73 Å². The van der Waals surface area contributed by atoms with Crippen molar-refractivity contribution in [3.8, 4) is 6.07 Å². The SMILES string of the molecule is C=C1CN(S(=O)(=O)c2ccc(C(=O)Nc3ccccc3N)cc2)C(CC#N)c2ccccc21. The van der Waals surface area contributed by atoms with E-state index in [1.165, 1.54) is 28.6 Å². The Morgan fingerprint density at radius 3 is 2.45 bits per heavy atom. The van der Waals surface area contributed by atoms with Crippen LogP contribution in [-0.2, 0) is 10.0 Å². The summed E-state index contributed by atoms with van der Waals surface area (Å²) in [6, 6.07) is 21.4. The van der Waals surface area contributed by atoms with E-state index >= 15 is 0 Å². The van der Waals surface area contributed by atoms with E-state index in [-0.39, 0.29) is 17.9 Å². The van der Waals surface area contributed by atoms with Crippen molar-refractivity contribution in [3.63, 3.8) is 0 Å². The van der Waals surface area contributed by atoms with Crippen LogP contribution in [0.1, 0.15) is 33.9 Å². The average molecular weight is 459 g/mol. The maximum absolute atomic E-state index is 13.5. The van der Waals surface area contributed by atoms with Gasteiger partial charge in [-0.15, -0.1) is 0 Å². The molecule has 33 heavy (non-hydrogen) atoms. The van der Waals surface area contributed by atoms with E-state index in [0.717, 1.165) is 11.1 Å². The second-order valence-corrected chi connectivity index (χ2v) is 9.58. The first-order chi connectivity index (χ1) is 15.8. The highest BCUT2D eigenvalue weighted by Gasteiger charge is 2.37. The lowest BCUT2D eigenvalue weighted by Gasteiger charge is -2.36. The Bertz CT molecular complexity index is 1380. The molecule has 0 spiro atoms. The molecule has 1 heterocycles. The Kier molecular flexibility index (Phi) is 6.01. The number of nitrogens with zero attached hydrogens (tertiary/aromatic N) is 2. The molecular weight excluding hydrogens is 436 g/mol. The van der Waals surface area contributed by atoms with Gasteiger partial charge in [-0.2, -0.15) is 9.57 Å². The molecule has 3 aromatic rings. The number of carbonyl (C=O) groups excluding carboxylic acids is 1. The van der Waals surface area contributed by atoms with Crippen LogP contribution in [0.5, 0.6) is 0 Å². The molecule has 8 heteroatoms. The van der Waals surface area contributed by atoms with Crippen molar-refractivity contribution in [1.29, 1.82) is 5.26 Å². The molecule has 7 nitrogen and oxygen atoms in total. The lowest BCUT2D eigenvalue weighted by Crippen LogP contribution is -2.39. The Morgan fingerprint density at radius 2 is 1.76 bits per heavy atom. The normalized spacial score (nSPS) is 16.0. The maximum atomic E-state index is 13.5. The quantitative estimate of drug-likeness (QED) is 0.556. The van der Waals surface area contributed by atoms with Crippen LogP contribution < -0.4 is 11.1 Å². The van der Waals surface area contributed by atoms with Crippen molar-refractivity contribution in [2.24, 2.45) is 0 Å². The minimum Gasteiger partial charge on any atom is -0.397 e. The zero-order chi connectivity index (χ0) is 23.6. The van der Waals surface area contributed by atoms with Gasteiger partial charge in [0.1, 0.15) is 0 Å². The van der Waals surface area contributed by atoms with Crippen LogP contribution in [-0.4, -0.2) is 25.2 Å². The van der Waals surface area contributed by atoms with Gasteiger partial charge in [0.25, 0.3) is 5.91 Å². The molecule has 0 fully saturated rings. The van der Waals surface area contributed by atoms with Gasteiger partial charge in [-0.25, -0.2) is 8.42 Å². The summed E-state index contributed by atoms with van der Waals surface area (Å²) in [6.07, 6.45) is 0.0164. The third kappa shape index (κ3) is 4.24. The number of benzene rings is 3. The van der Waals surface area contributed by atoms with Gasteiger partial charge in [0.15, 0.2) is 0 Å². The summed E-state index contributed by atoms with van der Waals surface area (Å²) >= 11 is 0. The highest BCUT2D eigenvalue weighted by Crippen LogP contribution is 2.39. The number of anilines is 2. The van der Waals surface area contributed by atoms with Gasteiger partial charge in [0, 0.05) is 12.1 Å². The lowest BCUT2D eigenvalue weighted by atomic mass is 9.90. The molecule has 1 aliphatic rings. The smallest absolute Gasteiger partial charge is 0.255 e. The fraction of sp³-hybridized carbons (Fsp3) is 0.120. The van der Waals surface area contributed by atoms with Gasteiger partial charge in [0.2, 0.25) is 10.0 Å². The first kappa shape index (κ1) is 22.3. The lowest BCUT2D eigenvalue weighted by molar-refractivity contribution is 0.102. The number of rotatable bonds is 5. The number of nitrogen functional groups attached to an aromatic ring is 1. The van der Waals surface area contributed by atoms with E-state index in [2.05, 4.69) is 18.0 Å². The standard InChI is InChI=1S/C25H22N4O3S/c1-17-16-29(24(14-15-26)21-7-3-2-6-20(17)21)33(31,32)19-12-10-18(11-13-19)25(30)28-23-9-5-4-8-22(23)27/h2-13,24H,1,14,16,27H2,(H,28,30). The first-order valence-corrected chi connectivity index (χ1v) is 11.7. The number of amides is 1. The molecule has 0 aliphatic carbocycles. The van der Waals surface area contributed by atoms with Crippen molar-refractivity contribution in [3.05, 3.63) is 96.1 Å². The Hall–Kier alpha value is -3.93. The molecule has 1 atom stereocenters.